The van der Waals surface area contributed by atoms with Gasteiger partial charge < -0.3 is 5.11 Å². The van der Waals surface area contributed by atoms with Gasteiger partial charge in [0.1, 0.15) is 0 Å². The molecular weight excluding hydrogens is 442 g/mol. The average Bonchev–Trinajstić information content (AvgIpc) is 2.81. The van der Waals surface area contributed by atoms with Crippen LogP contribution in [0.4, 0.5) is 0 Å². The molecule has 1 aliphatic rings. The molecule has 0 unspecified atom stereocenters. The van der Waals surface area contributed by atoms with Crippen LogP contribution in [0.3, 0.4) is 0 Å². The van der Waals surface area contributed by atoms with Gasteiger partial charge in [-0.25, -0.2) is 4.79 Å². The quantitative estimate of drug-likeness (QED) is 0.470. The fraction of sp³-hybridized carbons (Fsp3) is 0.280. The first-order valence-corrected chi connectivity index (χ1v) is 12.1. The minimum absolute atomic E-state index is 0.385. The van der Waals surface area contributed by atoms with E-state index in [1.165, 1.54) is 5.56 Å². The van der Waals surface area contributed by atoms with Crippen molar-refractivity contribution in [2.45, 2.75) is 11.4 Å². The highest BCUT2D eigenvalue weighted by molar-refractivity contribution is 7.99. The van der Waals surface area contributed by atoms with Crippen LogP contribution in [0.1, 0.15) is 15.9 Å². The van der Waals surface area contributed by atoms with E-state index >= 15 is 0 Å². The fourth-order valence-corrected chi connectivity index (χ4v) is 5.08. The van der Waals surface area contributed by atoms with Crippen molar-refractivity contribution in [3.63, 3.8) is 0 Å². The molecule has 0 amide bonds. The predicted molar refractivity (Wildman–Crippen MR) is 131 cm³/mol. The van der Waals surface area contributed by atoms with Gasteiger partial charge in [0.2, 0.25) is 0 Å². The standard InChI is InChI=1S/C25H26ClN3O2S/c26-21-9-7-19(8-10-21)24-20(4-3-11-27-24)18-29-14-12-28(13-15-29)16-17-32-23-6-2-1-5-22(23)25(30)31/h1-11H,12-18H2,(H,30,31). The van der Waals surface area contributed by atoms with Crippen molar-refractivity contribution in [1.82, 2.24) is 14.8 Å². The zero-order valence-corrected chi connectivity index (χ0v) is 19.4. The van der Waals surface area contributed by atoms with E-state index in [0.717, 1.165) is 66.2 Å². The van der Waals surface area contributed by atoms with Crippen LogP contribution in [0.2, 0.25) is 5.02 Å². The Morgan fingerprint density at radius 1 is 0.969 bits per heavy atom. The molecule has 0 bridgehead atoms. The summed E-state index contributed by atoms with van der Waals surface area (Å²) in [5, 5.41) is 10.1. The van der Waals surface area contributed by atoms with Crippen LogP contribution in [0.5, 0.6) is 0 Å². The lowest BCUT2D eigenvalue weighted by Crippen LogP contribution is -2.46. The first-order valence-electron chi connectivity index (χ1n) is 10.7. The summed E-state index contributed by atoms with van der Waals surface area (Å²) in [5.74, 6) is 0.0169. The summed E-state index contributed by atoms with van der Waals surface area (Å²) in [5.41, 5.74) is 3.71. The Kier molecular flexibility index (Phi) is 7.81. The maximum atomic E-state index is 11.4. The van der Waals surface area contributed by atoms with Gasteiger partial charge in [-0.3, -0.25) is 14.8 Å². The Hall–Kier alpha value is -2.38. The highest BCUT2D eigenvalue weighted by Crippen LogP contribution is 2.25. The minimum atomic E-state index is -0.866. The van der Waals surface area contributed by atoms with Crippen LogP contribution in [0.15, 0.2) is 71.8 Å². The molecule has 1 fully saturated rings. The van der Waals surface area contributed by atoms with Crippen LogP contribution < -0.4 is 0 Å². The van der Waals surface area contributed by atoms with Gasteiger partial charge in [0, 0.05) is 66.7 Å². The fourth-order valence-electron chi connectivity index (χ4n) is 3.90. The molecule has 32 heavy (non-hydrogen) atoms. The van der Waals surface area contributed by atoms with Crippen molar-refractivity contribution < 1.29 is 9.90 Å². The summed E-state index contributed by atoms with van der Waals surface area (Å²) in [6, 6.07) is 19.2. The number of hydrogen-bond acceptors (Lipinski definition) is 5. The molecule has 4 rings (SSSR count). The number of benzene rings is 2. The molecule has 0 aliphatic carbocycles. The van der Waals surface area contributed by atoms with Gasteiger partial charge in [0.05, 0.1) is 11.3 Å². The molecule has 2 aromatic carbocycles. The van der Waals surface area contributed by atoms with Crippen molar-refractivity contribution >= 4 is 29.3 Å². The smallest absolute Gasteiger partial charge is 0.336 e. The molecule has 0 saturated carbocycles. The number of carboxylic acids is 1. The third kappa shape index (κ3) is 5.90. The van der Waals surface area contributed by atoms with Gasteiger partial charge in [-0.2, -0.15) is 0 Å². The topological polar surface area (TPSA) is 56.7 Å². The SMILES string of the molecule is O=C(O)c1ccccc1SCCN1CCN(Cc2cccnc2-c2ccc(Cl)cc2)CC1. The second kappa shape index (κ2) is 11.0. The number of hydrogen-bond donors (Lipinski definition) is 1. The molecule has 2 heterocycles. The summed E-state index contributed by atoms with van der Waals surface area (Å²) in [6.07, 6.45) is 1.84. The lowest BCUT2D eigenvalue weighted by atomic mass is 10.1. The van der Waals surface area contributed by atoms with Gasteiger partial charge in [0.15, 0.2) is 0 Å². The molecular formula is C25H26ClN3O2S. The largest absolute Gasteiger partial charge is 0.478 e. The Bertz CT molecular complexity index is 1050. The van der Waals surface area contributed by atoms with Crippen LogP contribution in [0.25, 0.3) is 11.3 Å². The molecule has 0 atom stereocenters. The number of piperazine rings is 1. The number of aromatic nitrogens is 1. The Morgan fingerprint density at radius 2 is 1.69 bits per heavy atom. The zero-order valence-electron chi connectivity index (χ0n) is 17.8. The number of rotatable bonds is 8. The molecule has 1 saturated heterocycles. The van der Waals surface area contributed by atoms with E-state index in [1.807, 2.05) is 48.7 Å². The monoisotopic (exact) mass is 467 g/mol. The first-order chi connectivity index (χ1) is 15.6. The molecule has 5 nitrogen and oxygen atoms in total. The molecule has 3 aromatic rings. The molecule has 166 valence electrons. The van der Waals surface area contributed by atoms with Gasteiger partial charge in [-0.05, 0) is 35.9 Å². The zero-order chi connectivity index (χ0) is 22.3. The van der Waals surface area contributed by atoms with Gasteiger partial charge >= 0.3 is 5.97 Å². The molecule has 0 radical (unpaired) electrons. The maximum absolute atomic E-state index is 11.4. The van der Waals surface area contributed by atoms with E-state index in [4.69, 9.17) is 11.6 Å². The lowest BCUT2D eigenvalue weighted by Gasteiger charge is -2.34. The number of thioether (sulfide) groups is 1. The average molecular weight is 468 g/mol. The highest BCUT2D eigenvalue weighted by Gasteiger charge is 2.19. The van der Waals surface area contributed by atoms with Crippen LogP contribution in [-0.2, 0) is 6.54 Å². The summed E-state index contributed by atoms with van der Waals surface area (Å²) < 4.78 is 0. The predicted octanol–water partition coefficient (Wildman–Crippen LogP) is 5.01. The van der Waals surface area contributed by atoms with E-state index in [9.17, 15) is 9.90 Å². The van der Waals surface area contributed by atoms with Gasteiger partial charge in [-0.15, -0.1) is 11.8 Å². The van der Waals surface area contributed by atoms with Crippen molar-refractivity contribution in [1.29, 1.82) is 0 Å². The minimum Gasteiger partial charge on any atom is -0.478 e. The third-order valence-electron chi connectivity index (χ3n) is 5.65. The number of halogens is 1. The normalized spacial score (nSPS) is 15.0. The summed E-state index contributed by atoms with van der Waals surface area (Å²) in [4.78, 5) is 21.8. The van der Waals surface area contributed by atoms with E-state index in [2.05, 4.69) is 20.9 Å². The Balaban J connectivity index is 1.28. The van der Waals surface area contributed by atoms with E-state index in [1.54, 1.807) is 23.9 Å². The van der Waals surface area contributed by atoms with Gasteiger partial charge in [-0.1, -0.05) is 41.9 Å². The number of nitrogens with zero attached hydrogens (tertiary/aromatic N) is 3. The van der Waals surface area contributed by atoms with Gasteiger partial charge in [0.25, 0.3) is 0 Å². The summed E-state index contributed by atoms with van der Waals surface area (Å²) >= 11 is 7.66. The molecule has 1 aromatic heterocycles. The van der Waals surface area contributed by atoms with E-state index in [0.29, 0.717) is 5.56 Å². The Morgan fingerprint density at radius 3 is 2.44 bits per heavy atom. The van der Waals surface area contributed by atoms with Crippen LogP contribution in [0, 0.1) is 0 Å². The Labute approximate surface area is 198 Å². The van der Waals surface area contributed by atoms with E-state index in [-0.39, 0.29) is 0 Å². The maximum Gasteiger partial charge on any atom is 0.336 e. The number of carbonyl (C=O) groups is 1. The van der Waals surface area contributed by atoms with E-state index < -0.39 is 5.97 Å². The van der Waals surface area contributed by atoms with Crippen molar-refractivity contribution in [2.24, 2.45) is 0 Å². The van der Waals surface area contributed by atoms with Crippen molar-refractivity contribution in [3.05, 3.63) is 83.0 Å². The van der Waals surface area contributed by atoms with Crippen molar-refractivity contribution in [3.8, 4) is 11.3 Å². The second-order valence-electron chi connectivity index (χ2n) is 7.79. The molecule has 1 N–H and O–H groups in total. The second-order valence-corrected chi connectivity index (χ2v) is 9.36. The summed E-state index contributed by atoms with van der Waals surface area (Å²) in [7, 11) is 0. The van der Waals surface area contributed by atoms with Crippen LogP contribution in [-0.4, -0.2) is 64.3 Å². The molecule has 0 spiro atoms. The third-order valence-corrected chi connectivity index (χ3v) is 6.96. The summed E-state index contributed by atoms with van der Waals surface area (Å²) in [6.45, 7) is 5.86. The van der Waals surface area contributed by atoms with Crippen molar-refractivity contribution in [2.75, 3.05) is 38.5 Å². The number of pyridine rings is 1. The number of carboxylic acid groups (broad SMARTS) is 1. The first kappa shape index (κ1) is 22.8. The molecule has 7 heteroatoms. The van der Waals surface area contributed by atoms with Crippen LogP contribution >= 0.6 is 23.4 Å². The molecule has 1 aliphatic heterocycles. The lowest BCUT2D eigenvalue weighted by molar-refractivity contribution is 0.0693. The highest BCUT2D eigenvalue weighted by atomic mass is 35.5. The number of aromatic carboxylic acids is 1.